The van der Waals surface area contributed by atoms with E-state index in [0.717, 1.165) is 25.9 Å². The summed E-state index contributed by atoms with van der Waals surface area (Å²) in [5.41, 5.74) is -0.266. The van der Waals surface area contributed by atoms with Gasteiger partial charge < -0.3 is 15.4 Å². The molecule has 106 valence electrons. The Morgan fingerprint density at radius 2 is 2.22 bits per heavy atom. The Labute approximate surface area is 111 Å². The highest BCUT2D eigenvalue weighted by molar-refractivity contribution is 5.82. The van der Waals surface area contributed by atoms with Gasteiger partial charge in [-0.1, -0.05) is 13.8 Å². The first-order valence-electron chi connectivity index (χ1n) is 7.09. The third kappa shape index (κ3) is 4.25. The van der Waals surface area contributed by atoms with E-state index in [1.54, 1.807) is 0 Å². The van der Waals surface area contributed by atoms with E-state index in [1.807, 2.05) is 13.8 Å². The van der Waals surface area contributed by atoms with E-state index in [9.17, 15) is 4.79 Å². The fourth-order valence-corrected chi connectivity index (χ4v) is 2.24. The van der Waals surface area contributed by atoms with Crippen LogP contribution in [0.15, 0.2) is 0 Å². The molecule has 1 amide bonds. The monoisotopic (exact) mass is 256 g/mol. The van der Waals surface area contributed by atoms with Crippen molar-refractivity contribution in [2.24, 2.45) is 11.3 Å². The van der Waals surface area contributed by atoms with Gasteiger partial charge in [-0.3, -0.25) is 4.79 Å². The van der Waals surface area contributed by atoms with Crippen molar-refractivity contribution in [2.75, 3.05) is 26.3 Å². The maximum absolute atomic E-state index is 12.4. The molecule has 2 atom stereocenters. The minimum atomic E-state index is -0.266. The van der Waals surface area contributed by atoms with Crippen molar-refractivity contribution in [3.8, 4) is 0 Å². The van der Waals surface area contributed by atoms with E-state index >= 15 is 0 Å². The summed E-state index contributed by atoms with van der Waals surface area (Å²) in [5, 5.41) is 6.47. The molecule has 0 saturated carbocycles. The minimum Gasteiger partial charge on any atom is -0.380 e. The lowest BCUT2D eigenvalue weighted by Gasteiger charge is -2.35. The fraction of sp³-hybridized carbons (Fsp3) is 0.929. The van der Waals surface area contributed by atoms with Crippen LogP contribution in [0.3, 0.4) is 0 Å². The van der Waals surface area contributed by atoms with Crippen LogP contribution in [-0.2, 0) is 9.53 Å². The summed E-state index contributed by atoms with van der Waals surface area (Å²) in [7, 11) is 0. The Bertz CT molecular complexity index is 261. The number of amides is 1. The van der Waals surface area contributed by atoms with Crippen LogP contribution in [0.1, 0.15) is 40.5 Å². The number of ether oxygens (including phenoxy) is 1. The lowest BCUT2D eigenvalue weighted by Crippen LogP contribution is -2.53. The molecule has 0 bridgehead atoms. The predicted octanol–water partition coefficient (Wildman–Crippen LogP) is 1.55. The summed E-state index contributed by atoms with van der Waals surface area (Å²) in [6.45, 7) is 11.4. The molecule has 4 nitrogen and oxygen atoms in total. The van der Waals surface area contributed by atoms with Crippen molar-refractivity contribution in [3.63, 3.8) is 0 Å². The molecule has 18 heavy (non-hydrogen) atoms. The number of piperidine rings is 1. The number of hydrogen-bond acceptors (Lipinski definition) is 3. The maximum atomic E-state index is 12.4. The third-order valence-electron chi connectivity index (χ3n) is 3.77. The van der Waals surface area contributed by atoms with Gasteiger partial charge in [-0.25, -0.2) is 0 Å². The zero-order chi connectivity index (χ0) is 13.6. The van der Waals surface area contributed by atoms with Gasteiger partial charge in [-0.15, -0.1) is 0 Å². The second kappa shape index (κ2) is 7.10. The van der Waals surface area contributed by atoms with Crippen LogP contribution >= 0.6 is 0 Å². The lowest BCUT2D eigenvalue weighted by atomic mass is 9.81. The fourth-order valence-electron chi connectivity index (χ4n) is 2.24. The molecule has 2 N–H and O–H groups in total. The molecule has 1 heterocycles. The summed E-state index contributed by atoms with van der Waals surface area (Å²) < 4.78 is 5.45. The normalized spacial score (nSPS) is 26.1. The van der Waals surface area contributed by atoms with Gasteiger partial charge >= 0.3 is 0 Å². The smallest absolute Gasteiger partial charge is 0.227 e. The van der Waals surface area contributed by atoms with E-state index in [-0.39, 0.29) is 17.4 Å². The number of carbonyl (C=O) groups excluding carboxylic acids is 1. The highest BCUT2D eigenvalue weighted by atomic mass is 16.5. The third-order valence-corrected chi connectivity index (χ3v) is 3.77. The summed E-state index contributed by atoms with van der Waals surface area (Å²) in [5.74, 6) is 0.550. The SMILES string of the molecule is CCOCC(NC(=O)C1(C)CCCNC1)C(C)C. The molecule has 0 spiro atoms. The van der Waals surface area contributed by atoms with Gasteiger partial charge in [-0.2, -0.15) is 0 Å². The summed E-state index contributed by atoms with van der Waals surface area (Å²) in [6.07, 6.45) is 2.03. The first-order valence-corrected chi connectivity index (χ1v) is 7.09. The number of rotatable bonds is 6. The Morgan fingerprint density at radius 3 is 2.72 bits per heavy atom. The summed E-state index contributed by atoms with van der Waals surface area (Å²) in [4.78, 5) is 12.4. The highest BCUT2D eigenvalue weighted by Gasteiger charge is 2.35. The number of nitrogens with one attached hydrogen (secondary N) is 2. The quantitative estimate of drug-likeness (QED) is 0.758. The average Bonchev–Trinajstić information content (AvgIpc) is 2.34. The molecule has 1 aliphatic rings. The summed E-state index contributed by atoms with van der Waals surface area (Å²) in [6, 6.07) is 0.108. The van der Waals surface area contributed by atoms with Gasteiger partial charge in [0.15, 0.2) is 0 Å². The van der Waals surface area contributed by atoms with E-state index in [4.69, 9.17) is 4.74 Å². The molecular formula is C14H28N2O2. The zero-order valence-electron chi connectivity index (χ0n) is 12.2. The number of hydrogen-bond donors (Lipinski definition) is 2. The van der Waals surface area contributed by atoms with Gasteiger partial charge in [0.1, 0.15) is 0 Å². The first kappa shape index (κ1) is 15.4. The molecule has 0 aromatic carbocycles. The largest absolute Gasteiger partial charge is 0.380 e. The van der Waals surface area contributed by atoms with Crippen LogP contribution in [0.2, 0.25) is 0 Å². The Kier molecular flexibility index (Phi) is 6.09. The molecule has 1 saturated heterocycles. The van der Waals surface area contributed by atoms with Crippen LogP contribution in [-0.4, -0.2) is 38.3 Å². The zero-order valence-corrected chi connectivity index (χ0v) is 12.2. The van der Waals surface area contributed by atoms with Crippen LogP contribution in [0.25, 0.3) is 0 Å². The highest BCUT2D eigenvalue weighted by Crippen LogP contribution is 2.26. The van der Waals surface area contributed by atoms with Gasteiger partial charge in [0.2, 0.25) is 5.91 Å². The molecule has 2 unspecified atom stereocenters. The second-order valence-electron chi connectivity index (χ2n) is 5.82. The second-order valence-corrected chi connectivity index (χ2v) is 5.82. The van der Waals surface area contributed by atoms with Crippen LogP contribution in [0.5, 0.6) is 0 Å². The Balaban J connectivity index is 2.54. The standard InChI is InChI=1S/C14H28N2O2/c1-5-18-9-12(11(2)3)16-13(17)14(4)7-6-8-15-10-14/h11-12,15H,5-10H2,1-4H3,(H,16,17). The molecule has 4 heteroatoms. The van der Waals surface area contributed by atoms with Crippen LogP contribution < -0.4 is 10.6 Å². The molecule has 0 aromatic rings. The molecule has 1 rings (SSSR count). The minimum absolute atomic E-state index is 0.108. The predicted molar refractivity (Wildman–Crippen MR) is 73.5 cm³/mol. The van der Waals surface area contributed by atoms with Crippen molar-refractivity contribution < 1.29 is 9.53 Å². The van der Waals surface area contributed by atoms with Gasteiger partial charge in [0, 0.05) is 13.2 Å². The van der Waals surface area contributed by atoms with Crippen molar-refractivity contribution in [2.45, 2.75) is 46.6 Å². The topological polar surface area (TPSA) is 50.4 Å². The summed E-state index contributed by atoms with van der Waals surface area (Å²) >= 11 is 0. The molecule has 1 fully saturated rings. The van der Waals surface area contributed by atoms with Gasteiger partial charge in [0.05, 0.1) is 18.1 Å². The van der Waals surface area contributed by atoms with E-state index < -0.39 is 0 Å². The van der Waals surface area contributed by atoms with Crippen molar-refractivity contribution in [1.29, 1.82) is 0 Å². The van der Waals surface area contributed by atoms with Crippen molar-refractivity contribution in [3.05, 3.63) is 0 Å². The van der Waals surface area contributed by atoms with Crippen molar-refractivity contribution >= 4 is 5.91 Å². The maximum Gasteiger partial charge on any atom is 0.227 e. The molecule has 0 radical (unpaired) electrons. The molecule has 1 aliphatic heterocycles. The number of carbonyl (C=O) groups is 1. The molecule has 0 aliphatic carbocycles. The van der Waals surface area contributed by atoms with E-state index in [2.05, 4.69) is 24.5 Å². The Morgan fingerprint density at radius 1 is 1.50 bits per heavy atom. The van der Waals surface area contributed by atoms with E-state index in [0.29, 0.717) is 19.1 Å². The first-order chi connectivity index (χ1) is 8.49. The van der Waals surface area contributed by atoms with Gasteiger partial charge in [0.25, 0.3) is 0 Å². The lowest BCUT2D eigenvalue weighted by molar-refractivity contribution is -0.132. The van der Waals surface area contributed by atoms with Crippen LogP contribution in [0, 0.1) is 11.3 Å². The molecular weight excluding hydrogens is 228 g/mol. The van der Waals surface area contributed by atoms with Gasteiger partial charge in [-0.05, 0) is 39.2 Å². The van der Waals surface area contributed by atoms with E-state index in [1.165, 1.54) is 0 Å². The molecule has 0 aromatic heterocycles. The average molecular weight is 256 g/mol. The Hall–Kier alpha value is -0.610. The van der Waals surface area contributed by atoms with Crippen molar-refractivity contribution in [1.82, 2.24) is 10.6 Å². The van der Waals surface area contributed by atoms with Crippen LogP contribution in [0.4, 0.5) is 0 Å².